The molecule has 2 rings (SSSR count). The fourth-order valence-electron chi connectivity index (χ4n) is 2.51. The van der Waals surface area contributed by atoms with Crippen LogP contribution in [0.5, 0.6) is 0 Å². The number of carboxylic acid groups (broad SMARTS) is 1. The third kappa shape index (κ3) is 2.28. The highest BCUT2D eigenvalue weighted by atomic mass is 16.4. The molecule has 4 N–H and O–H groups in total. The summed E-state index contributed by atoms with van der Waals surface area (Å²) in [6.45, 7) is 0.706. The van der Waals surface area contributed by atoms with Crippen molar-refractivity contribution in [1.29, 1.82) is 0 Å². The van der Waals surface area contributed by atoms with Crippen LogP contribution in [0.3, 0.4) is 0 Å². The molecular weight excluding hydrogens is 236 g/mol. The molecule has 0 aromatic carbocycles. The standard InChI is InChI=1S/C12H16N2O4/c13-8(12(17)18)5-7-4-6-2-1-3-14-9(6)11(16)10(7)15/h7-8,14H,1-5,13H2,(H,17,18). The highest BCUT2D eigenvalue weighted by Crippen LogP contribution is 2.31. The molecule has 0 bridgehead atoms. The van der Waals surface area contributed by atoms with Crippen LogP contribution < -0.4 is 11.1 Å². The maximum atomic E-state index is 11.9. The fraction of sp³-hybridized carbons (Fsp3) is 0.583. The predicted octanol–water partition coefficient (Wildman–Crippen LogP) is -0.416. The third-order valence-corrected chi connectivity index (χ3v) is 3.48. The van der Waals surface area contributed by atoms with E-state index in [2.05, 4.69) is 5.32 Å². The maximum Gasteiger partial charge on any atom is 0.320 e. The molecule has 2 unspecified atom stereocenters. The number of ketones is 2. The van der Waals surface area contributed by atoms with Gasteiger partial charge in [0.05, 0.1) is 5.70 Å². The van der Waals surface area contributed by atoms with Crippen LogP contribution in [0.2, 0.25) is 0 Å². The highest BCUT2D eigenvalue weighted by Gasteiger charge is 2.37. The van der Waals surface area contributed by atoms with E-state index >= 15 is 0 Å². The predicted molar refractivity (Wildman–Crippen MR) is 62.6 cm³/mol. The Hall–Kier alpha value is -1.69. The topological polar surface area (TPSA) is 109 Å². The van der Waals surface area contributed by atoms with Crippen molar-refractivity contribution in [1.82, 2.24) is 5.32 Å². The van der Waals surface area contributed by atoms with Gasteiger partial charge in [-0.25, -0.2) is 0 Å². The van der Waals surface area contributed by atoms with Gasteiger partial charge in [-0.15, -0.1) is 0 Å². The molecule has 0 saturated carbocycles. The van der Waals surface area contributed by atoms with E-state index < -0.39 is 29.5 Å². The first kappa shape index (κ1) is 12.8. The molecule has 6 heteroatoms. The summed E-state index contributed by atoms with van der Waals surface area (Å²) in [4.78, 5) is 34.4. The second-order valence-electron chi connectivity index (χ2n) is 4.78. The van der Waals surface area contributed by atoms with Gasteiger partial charge in [-0.05, 0) is 31.3 Å². The lowest BCUT2D eigenvalue weighted by Gasteiger charge is -2.29. The zero-order valence-electron chi connectivity index (χ0n) is 9.94. The molecule has 1 aliphatic heterocycles. The first-order chi connectivity index (χ1) is 8.50. The molecule has 6 nitrogen and oxygen atoms in total. The van der Waals surface area contributed by atoms with E-state index in [0.29, 0.717) is 18.7 Å². The van der Waals surface area contributed by atoms with Gasteiger partial charge >= 0.3 is 5.97 Å². The SMILES string of the molecule is NC(CC1CC2=C(NCCC2)C(=O)C1=O)C(=O)O. The number of carboxylic acids is 1. The van der Waals surface area contributed by atoms with E-state index in [1.165, 1.54) is 0 Å². The number of carbonyl (C=O) groups is 3. The molecule has 0 aromatic rings. The number of hydrogen-bond donors (Lipinski definition) is 3. The van der Waals surface area contributed by atoms with Gasteiger partial charge in [0.2, 0.25) is 11.6 Å². The first-order valence-corrected chi connectivity index (χ1v) is 6.03. The van der Waals surface area contributed by atoms with Gasteiger partial charge in [-0.1, -0.05) is 0 Å². The van der Waals surface area contributed by atoms with Gasteiger partial charge in [0.1, 0.15) is 6.04 Å². The van der Waals surface area contributed by atoms with Crippen molar-refractivity contribution in [3.8, 4) is 0 Å². The molecule has 2 atom stereocenters. The summed E-state index contributed by atoms with van der Waals surface area (Å²) in [5, 5.41) is 11.7. The van der Waals surface area contributed by atoms with Crippen molar-refractivity contribution in [3.05, 3.63) is 11.3 Å². The van der Waals surface area contributed by atoms with Gasteiger partial charge < -0.3 is 16.2 Å². The summed E-state index contributed by atoms with van der Waals surface area (Å²) >= 11 is 0. The second-order valence-corrected chi connectivity index (χ2v) is 4.78. The molecule has 0 amide bonds. The Kier molecular flexibility index (Phi) is 3.47. The van der Waals surface area contributed by atoms with Crippen LogP contribution in [0, 0.1) is 5.92 Å². The average Bonchev–Trinajstić information content (AvgIpc) is 2.35. The second kappa shape index (κ2) is 4.89. The Labute approximate surface area is 104 Å². The molecule has 0 saturated heterocycles. The van der Waals surface area contributed by atoms with E-state index in [1.54, 1.807) is 0 Å². The molecular formula is C12H16N2O4. The number of allylic oxidation sites excluding steroid dienone is 2. The zero-order valence-corrected chi connectivity index (χ0v) is 9.94. The van der Waals surface area contributed by atoms with Crippen molar-refractivity contribution in [2.24, 2.45) is 11.7 Å². The number of rotatable bonds is 3. The lowest BCUT2D eigenvalue weighted by molar-refractivity contribution is -0.141. The summed E-state index contributed by atoms with van der Waals surface area (Å²) in [5.41, 5.74) is 6.80. The minimum Gasteiger partial charge on any atom is -0.480 e. The lowest BCUT2D eigenvalue weighted by atomic mass is 9.79. The van der Waals surface area contributed by atoms with E-state index in [1.807, 2.05) is 0 Å². The number of Topliss-reactive ketones (excluding diaryl/α,β-unsaturated/α-hetero) is 2. The molecule has 18 heavy (non-hydrogen) atoms. The molecule has 0 spiro atoms. The first-order valence-electron chi connectivity index (χ1n) is 6.03. The molecule has 1 heterocycles. The Morgan fingerprint density at radius 1 is 1.50 bits per heavy atom. The molecule has 98 valence electrons. The Morgan fingerprint density at radius 2 is 2.22 bits per heavy atom. The van der Waals surface area contributed by atoms with Crippen molar-refractivity contribution in [2.45, 2.75) is 31.7 Å². The number of nitrogens with two attached hydrogens (primary N) is 1. The van der Waals surface area contributed by atoms with Gasteiger partial charge in [-0.2, -0.15) is 0 Å². The monoisotopic (exact) mass is 252 g/mol. The fourth-order valence-corrected chi connectivity index (χ4v) is 2.51. The Morgan fingerprint density at radius 3 is 2.89 bits per heavy atom. The smallest absolute Gasteiger partial charge is 0.320 e. The molecule has 0 radical (unpaired) electrons. The van der Waals surface area contributed by atoms with Crippen molar-refractivity contribution in [2.75, 3.05) is 6.54 Å². The third-order valence-electron chi connectivity index (χ3n) is 3.48. The van der Waals surface area contributed by atoms with Crippen LogP contribution in [-0.4, -0.2) is 35.2 Å². The van der Waals surface area contributed by atoms with Crippen molar-refractivity contribution < 1.29 is 19.5 Å². The lowest BCUT2D eigenvalue weighted by Crippen LogP contribution is -2.42. The van der Waals surface area contributed by atoms with E-state index in [4.69, 9.17) is 10.8 Å². The minimum atomic E-state index is -1.14. The van der Waals surface area contributed by atoms with Crippen LogP contribution in [-0.2, 0) is 14.4 Å². The van der Waals surface area contributed by atoms with Crippen LogP contribution in [0.25, 0.3) is 0 Å². The molecule has 2 aliphatic rings. The highest BCUT2D eigenvalue weighted by molar-refractivity contribution is 6.45. The maximum absolute atomic E-state index is 11.9. The number of carbonyl (C=O) groups excluding carboxylic acids is 2. The van der Waals surface area contributed by atoms with Gasteiger partial charge in [0.15, 0.2) is 0 Å². The van der Waals surface area contributed by atoms with Crippen LogP contribution in [0.4, 0.5) is 0 Å². The molecule has 0 aromatic heterocycles. The minimum absolute atomic E-state index is 0.0245. The largest absolute Gasteiger partial charge is 0.480 e. The Bertz CT molecular complexity index is 441. The van der Waals surface area contributed by atoms with Crippen LogP contribution in [0.1, 0.15) is 25.7 Å². The quantitative estimate of drug-likeness (QED) is 0.589. The van der Waals surface area contributed by atoms with Crippen LogP contribution in [0.15, 0.2) is 11.3 Å². The van der Waals surface area contributed by atoms with Crippen molar-refractivity contribution >= 4 is 17.5 Å². The summed E-state index contributed by atoms with van der Waals surface area (Å²) in [6.07, 6.45) is 2.20. The van der Waals surface area contributed by atoms with Gasteiger partial charge in [0, 0.05) is 12.5 Å². The zero-order chi connectivity index (χ0) is 13.3. The molecule has 0 fully saturated rings. The van der Waals surface area contributed by atoms with E-state index in [0.717, 1.165) is 18.4 Å². The Balaban J connectivity index is 2.16. The number of aliphatic carboxylic acids is 1. The van der Waals surface area contributed by atoms with Crippen LogP contribution >= 0.6 is 0 Å². The summed E-state index contributed by atoms with van der Waals surface area (Å²) in [7, 11) is 0. The summed E-state index contributed by atoms with van der Waals surface area (Å²) in [5.74, 6) is -2.75. The summed E-state index contributed by atoms with van der Waals surface area (Å²) < 4.78 is 0. The normalized spacial score (nSPS) is 25.5. The average molecular weight is 252 g/mol. The van der Waals surface area contributed by atoms with Gasteiger partial charge in [-0.3, -0.25) is 14.4 Å². The van der Waals surface area contributed by atoms with E-state index in [-0.39, 0.29) is 6.42 Å². The molecule has 1 aliphatic carbocycles. The van der Waals surface area contributed by atoms with Gasteiger partial charge in [0.25, 0.3) is 0 Å². The van der Waals surface area contributed by atoms with Crippen molar-refractivity contribution in [3.63, 3.8) is 0 Å². The number of hydrogen-bond acceptors (Lipinski definition) is 5. The van der Waals surface area contributed by atoms with E-state index in [9.17, 15) is 14.4 Å². The summed E-state index contributed by atoms with van der Waals surface area (Å²) in [6, 6.07) is -1.09. The number of nitrogens with one attached hydrogen (secondary N) is 1.